The van der Waals surface area contributed by atoms with Crippen molar-refractivity contribution in [2.45, 2.75) is 45.8 Å². The molecule has 1 amide bonds. The lowest BCUT2D eigenvalue weighted by atomic mass is 9.84. The Kier molecular flexibility index (Phi) is 5.17. The number of fused-ring (bicyclic) bond motifs is 1. The highest BCUT2D eigenvalue weighted by Crippen LogP contribution is 2.41. The van der Waals surface area contributed by atoms with Gasteiger partial charge < -0.3 is 9.64 Å². The van der Waals surface area contributed by atoms with Gasteiger partial charge in [0.1, 0.15) is 5.60 Å². The Labute approximate surface area is 176 Å². The molecule has 150 valence electrons. The van der Waals surface area contributed by atoms with Gasteiger partial charge in [-0.05, 0) is 68.1 Å². The van der Waals surface area contributed by atoms with E-state index in [0.29, 0.717) is 13.1 Å². The smallest absolute Gasteiger partial charge is 0.410 e. The van der Waals surface area contributed by atoms with Crippen LogP contribution in [0.4, 0.5) is 4.79 Å². The second-order valence-electron chi connectivity index (χ2n) is 8.47. The van der Waals surface area contributed by atoms with E-state index in [9.17, 15) is 4.79 Å². The first-order valence-electron chi connectivity index (χ1n) is 9.88. The van der Waals surface area contributed by atoms with Crippen molar-refractivity contribution in [1.82, 2.24) is 9.88 Å². The van der Waals surface area contributed by atoms with E-state index in [1.165, 1.54) is 26.4 Å². The third-order valence-electron chi connectivity index (χ3n) is 5.06. The number of nitrogens with zero attached hydrogens (tertiary/aromatic N) is 2. The van der Waals surface area contributed by atoms with Crippen LogP contribution in [-0.4, -0.2) is 28.1 Å². The summed E-state index contributed by atoms with van der Waals surface area (Å²) in [6, 6.07) is 14.8. The minimum absolute atomic E-state index is 0.112. The fourth-order valence-electron chi connectivity index (χ4n) is 3.88. The number of hydrogen-bond acceptors (Lipinski definition) is 4. The number of thiophene rings is 1. The van der Waals surface area contributed by atoms with Crippen molar-refractivity contribution in [2.75, 3.05) is 6.54 Å². The SMILES string of the molecule is Cc1cc2c(s1)CN(C(=O)OC(C)(C)C)CC2c1ccccc1-c1ccncc1. The van der Waals surface area contributed by atoms with Gasteiger partial charge in [-0.1, -0.05) is 24.3 Å². The lowest BCUT2D eigenvalue weighted by Gasteiger charge is -2.35. The molecule has 4 nitrogen and oxygen atoms in total. The molecule has 0 aliphatic carbocycles. The van der Waals surface area contributed by atoms with Crippen molar-refractivity contribution in [2.24, 2.45) is 0 Å². The van der Waals surface area contributed by atoms with E-state index in [1.807, 2.05) is 50.2 Å². The number of pyridine rings is 1. The van der Waals surface area contributed by atoms with Crippen molar-refractivity contribution < 1.29 is 9.53 Å². The minimum atomic E-state index is -0.507. The zero-order valence-corrected chi connectivity index (χ0v) is 18.1. The van der Waals surface area contributed by atoms with E-state index in [4.69, 9.17) is 4.74 Å². The van der Waals surface area contributed by atoms with Gasteiger partial charge >= 0.3 is 6.09 Å². The van der Waals surface area contributed by atoms with Gasteiger partial charge in [0, 0.05) is 34.6 Å². The van der Waals surface area contributed by atoms with Crippen LogP contribution in [0, 0.1) is 6.92 Å². The maximum absolute atomic E-state index is 12.9. The van der Waals surface area contributed by atoms with Crippen LogP contribution < -0.4 is 0 Å². The van der Waals surface area contributed by atoms with Crippen molar-refractivity contribution in [3.8, 4) is 11.1 Å². The number of rotatable bonds is 2. The van der Waals surface area contributed by atoms with Crippen LogP contribution in [0.3, 0.4) is 0 Å². The Morgan fingerprint density at radius 2 is 1.86 bits per heavy atom. The minimum Gasteiger partial charge on any atom is -0.444 e. The molecule has 0 saturated carbocycles. The van der Waals surface area contributed by atoms with Crippen LogP contribution in [-0.2, 0) is 11.3 Å². The molecule has 0 saturated heterocycles. The van der Waals surface area contributed by atoms with Crippen LogP contribution in [0.25, 0.3) is 11.1 Å². The van der Waals surface area contributed by atoms with E-state index in [2.05, 4.69) is 42.2 Å². The second kappa shape index (κ2) is 7.64. The van der Waals surface area contributed by atoms with Gasteiger partial charge in [0.05, 0.1) is 6.54 Å². The largest absolute Gasteiger partial charge is 0.444 e. The van der Waals surface area contributed by atoms with Crippen LogP contribution in [0.15, 0.2) is 54.9 Å². The highest BCUT2D eigenvalue weighted by atomic mass is 32.1. The number of ether oxygens (including phenoxy) is 1. The van der Waals surface area contributed by atoms with Gasteiger partial charge in [0.2, 0.25) is 0 Å². The topological polar surface area (TPSA) is 42.4 Å². The molecule has 29 heavy (non-hydrogen) atoms. The van der Waals surface area contributed by atoms with Crippen LogP contribution >= 0.6 is 11.3 Å². The van der Waals surface area contributed by atoms with Crippen LogP contribution in [0.2, 0.25) is 0 Å². The van der Waals surface area contributed by atoms with Crippen molar-refractivity contribution in [3.05, 3.63) is 75.7 Å². The highest BCUT2D eigenvalue weighted by molar-refractivity contribution is 7.12. The fraction of sp³-hybridized carbons (Fsp3) is 0.333. The molecule has 1 unspecified atom stereocenters. The summed E-state index contributed by atoms with van der Waals surface area (Å²) in [5.41, 5.74) is 4.37. The second-order valence-corrected chi connectivity index (χ2v) is 9.81. The van der Waals surface area contributed by atoms with E-state index < -0.39 is 5.60 Å². The first kappa shape index (κ1) is 19.6. The van der Waals surface area contributed by atoms with E-state index in [1.54, 1.807) is 11.3 Å². The van der Waals surface area contributed by atoms with Crippen molar-refractivity contribution >= 4 is 17.4 Å². The maximum atomic E-state index is 12.9. The van der Waals surface area contributed by atoms with Gasteiger partial charge in [-0.3, -0.25) is 4.98 Å². The molecule has 2 aromatic heterocycles. The summed E-state index contributed by atoms with van der Waals surface area (Å²) in [6.45, 7) is 9.08. The molecule has 1 aromatic carbocycles. The van der Waals surface area contributed by atoms with E-state index in [0.717, 1.165) is 5.56 Å². The molecule has 1 aliphatic heterocycles. The molecule has 0 radical (unpaired) electrons. The zero-order chi connectivity index (χ0) is 20.6. The third-order valence-corrected chi connectivity index (χ3v) is 6.11. The van der Waals surface area contributed by atoms with Crippen molar-refractivity contribution in [1.29, 1.82) is 0 Å². The molecular formula is C24H26N2O2S. The summed E-state index contributed by atoms with van der Waals surface area (Å²) in [5.74, 6) is 0.112. The van der Waals surface area contributed by atoms with Gasteiger partial charge in [-0.25, -0.2) is 4.79 Å². The van der Waals surface area contributed by atoms with Gasteiger partial charge in [0.25, 0.3) is 0 Å². The summed E-state index contributed by atoms with van der Waals surface area (Å²) < 4.78 is 5.68. The number of aryl methyl sites for hydroxylation is 1. The summed E-state index contributed by atoms with van der Waals surface area (Å²) in [7, 11) is 0. The molecule has 1 aliphatic rings. The molecule has 5 heteroatoms. The predicted molar refractivity (Wildman–Crippen MR) is 117 cm³/mol. The molecule has 0 fully saturated rings. The fourth-order valence-corrected chi connectivity index (χ4v) is 5.00. The summed E-state index contributed by atoms with van der Waals surface area (Å²) in [4.78, 5) is 21.4. The number of hydrogen-bond donors (Lipinski definition) is 0. The standard InChI is InChI=1S/C24H26N2O2S/c1-16-13-20-21(14-26(15-22(20)29-16)23(27)28-24(2,3)4)19-8-6-5-7-18(19)17-9-11-25-12-10-17/h5-13,21H,14-15H2,1-4H3. The highest BCUT2D eigenvalue weighted by Gasteiger charge is 2.34. The Bertz CT molecular complexity index is 1020. The number of carbonyl (C=O) groups excluding carboxylic acids is 1. The number of amides is 1. The number of carbonyl (C=O) groups is 1. The predicted octanol–water partition coefficient (Wildman–Crippen LogP) is 6.00. The number of aromatic nitrogens is 1. The lowest BCUT2D eigenvalue weighted by molar-refractivity contribution is 0.0216. The van der Waals surface area contributed by atoms with E-state index >= 15 is 0 Å². The molecule has 3 heterocycles. The molecule has 0 N–H and O–H groups in total. The monoisotopic (exact) mass is 406 g/mol. The van der Waals surface area contributed by atoms with Crippen molar-refractivity contribution in [3.63, 3.8) is 0 Å². The first-order chi connectivity index (χ1) is 13.8. The molecule has 0 spiro atoms. The Balaban J connectivity index is 1.76. The molecular weight excluding hydrogens is 380 g/mol. The maximum Gasteiger partial charge on any atom is 0.410 e. The quantitative estimate of drug-likeness (QED) is 0.524. The average Bonchev–Trinajstić information content (AvgIpc) is 3.06. The lowest BCUT2D eigenvalue weighted by Crippen LogP contribution is -2.41. The van der Waals surface area contributed by atoms with E-state index in [-0.39, 0.29) is 12.0 Å². The summed E-state index contributed by atoms with van der Waals surface area (Å²) in [5, 5.41) is 0. The molecule has 0 bridgehead atoms. The Morgan fingerprint density at radius 3 is 2.59 bits per heavy atom. The Hall–Kier alpha value is -2.66. The molecule has 1 atom stereocenters. The van der Waals surface area contributed by atoms with Crippen LogP contribution in [0.5, 0.6) is 0 Å². The van der Waals surface area contributed by atoms with Gasteiger partial charge in [0.15, 0.2) is 0 Å². The normalized spacial score (nSPS) is 16.4. The number of benzene rings is 1. The molecule has 4 rings (SSSR count). The zero-order valence-electron chi connectivity index (χ0n) is 17.3. The van der Waals surface area contributed by atoms with Gasteiger partial charge in [-0.15, -0.1) is 11.3 Å². The van der Waals surface area contributed by atoms with Gasteiger partial charge in [-0.2, -0.15) is 0 Å². The average molecular weight is 407 g/mol. The summed E-state index contributed by atoms with van der Waals surface area (Å²) >= 11 is 1.77. The first-order valence-corrected chi connectivity index (χ1v) is 10.7. The third kappa shape index (κ3) is 4.20. The van der Waals surface area contributed by atoms with Crippen LogP contribution in [0.1, 0.15) is 47.6 Å². The molecule has 3 aromatic rings. The summed E-state index contributed by atoms with van der Waals surface area (Å²) in [6.07, 6.45) is 3.39. The Morgan fingerprint density at radius 1 is 1.14 bits per heavy atom.